The van der Waals surface area contributed by atoms with Crippen molar-refractivity contribution in [2.45, 2.75) is 12.8 Å². The van der Waals surface area contributed by atoms with Crippen molar-refractivity contribution in [3.8, 4) is 11.8 Å². The second kappa shape index (κ2) is 4.24. The number of rotatable bonds is 2. The van der Waals surface area contributed by atoms with Gasteiger partial charge in [0.2, 0.25) is 0 Å². The van der Waals surface area contributed by atoms with Crippen molar-refractivity contribution >= 4 is 10.8 Å². The van der Waals surface area contributed by atoms with Crippen molar-refractivity contribution < 1.29 is 4.74 Å². The number of ether oxygens (including phenoxy) is 1. The summed E-state index contributed by atoms with van der Waals surface area (Å²) >= 11 is 0. The molecule has 0 saturated heterocycles. The molecule has 2 aromatic rings. The first-order valence-electron chi connectivity index (χ1n) is 5.23. The summed E-state index contributed by atoms with van der Waals surface area (Å²) < 4.78 is 5.33. The number of hydrogen-bond donors (Lipinski definition) is 0. The van der Waals surface area contributed by atoms with E-state index in [0.717, 1.165) is 22.1 Å². The second-order valence-corrected chi connectivity index (χ2v) is 3.75. The first-order valence-corrected chi connectivity index (χ1v) is 5.23. The molecule has 1 unspecified atom stereocenters. The van der Waals surface area contributed by atoms with Gasteiger partial charge < -0.3 is 4.74 Å². The molecule has 0 aliphatic heterocycles. The molecule has 0 aromatic heterocycles. The average Bonchev–Trinajstić information content (AvgIpc) is 2.36. The standard InChI is InChI=1S/C14H13NO/c1-10(9-15)14-12-6-4-3-5-11(12)7-8-13(14)16-2/h3-8,10H,1-2H3. The molecule has 0 radical (unpaired) electrons. The third-order valence-electron chi connectivity index (χ3n) is 2.78. The lowest BCUT2D eigenvalue weighted by Crippen LogP contribution is -1.96. The molecule has 0 saturated carbocycles. The summed E-state index contributed by atoms with van der Waals surface area (Å²) in [6, 6.07) is 14.3. The molecule has 2 nitrogen and oxygen atoms in total. The molecule has 0 spiro atoms. The van der Waals surface area contributed by atoms with E-state index in [1.54, 1.807) is 7.11 Å². The molecule has 0 heterocycles. The summed E-state index contributed by atoms with van der Waals surface area (Å²) in [5, 5.41) is 11.3. The van der Waals surface area contributed by atoms with Crippen LogP contribution in [0.3, 0.4) is 0 Å². The second-order valence-electron chi connectivity index (χ2n) is 3.75. The zero-order chi connectivity index (χ0) is 11.5. The SMILES string of the molecule is COc1ccc2ccccc2c1C(C)C#N. The molecule has 0 aliphatic carbocycles. The van der Waals surface area contributed by atoms with E-state index in [-0.39, 0.29) is 5.92 Å². The molecule has 0 fully saturated rings. The molecular weight excluding hydrogens is 198 g/mol. The van der Waals surface area contributed by atoms with E-state index in [1.165, 1.54) is 0 Å². The van der Waals surface area contributed by atoms with Crippen LogP contribution >= 0.6 is 0 Å². The van der Waals surface area contributed by atoms with Gasteiger partial charge in [-0.1, -0.05) is 30.3 Å². The highest BCUT2D eigenvalue weighted by Gasteiger charge is 2.14. The molecule has 2 heteroatoms. The Bertz CT molecular complexity index is 554. The minimum absolute atomic E-state index is 0.166. The Morgan fingerprint density at radius 2 is 1.94 bits per heavy atom. The Morgan fingerprint density at radius 3 is 2.62 bits per heavy atom. The van der Waals surface area contributed by atoms with Crippen LogP contribution in [0.2, 0.25) is 0 Å². The molecule has 2 aromatic carbocycles. The molecular formula is C14H13NO. The summed E-state index contributed by atoms with van der Waals surface area (Å²) in [6.07, 6.45) is 0. The zero-order valence-corrected chi connectivity index (χ0v) is 9.40. The quantitative estimate of drug-likeness (QED) is 0.761. The lowest BCUT2D eigenvalue weighted by Gasteiger charge is -2.13. The van der Waals surface area contributed by atoms with Crippen molar-refractivity contribution in [3.05, 3.63) is 42.0 Å². The van der Waals surface area contributed by atoms with Gasteiger partial charge in [0.15, 0.2) is 0 Å². The van der Waals surface area contributed by atoms with Gasteiger partial charge in [-0.05, 0) is 23.8 Å². The van der Waals surface area contributed by atoms with Gasteiger partial charge in [-0.15, -0.1) is 0 Å². The van der Waals surface area contributed by atoms with E-state index in [1.807, 2.05) is 43.3 Å². The molecule has 0 amide bonds. The first-order chi connectivity index (χ1) is 7.77. The van der Waals surface area contributed by atoms with Gasteiger partial charge >= 0.3 is 0 Å². The summed E-state index contributed by atoms with van der Waals surface area (Å²) in [5.41, 5.74) is 0.975. The molecule has 0 aliphatic rings. The molecule has 1 atom stereocenters. The van der Waals surface area contributed by atoms with Gasteiger partial charge in [0.25, 0.3) is 0 Å². The lowest BCUT2D eigenvalue weighted by molar-refractivity contribution is 0.410. The summed E-state index contributed by atoms with van der Waals surface area (Å²) in [6.45, 7) is 1.89. The number of hydrogen-bond acceptors (Lipinski definition) is 2. The fraction of sp³-hybridized carbons (Fsp3) is 0.214. The molecule has 16 heavy (non-hydrogen) atoms. The van der Waals surface area contributed by atoms with Gasteiger partial charge in [-0.2, -0.15) is 5.26 Å². The maximum Gasteiger partial charge on any atom is 0.124 e. The minimum Gasteiger partial charge on any atom is -0.496 e. The van der Waals surface area contributed by atoms with Crippen LogP contribution in [-0.2, 0) is 0 Å². The highest BCUT2D eigenvalue weighted by molar-refractivity contribution is 5.88. The fourth-order valence-corrected chi connectivity index (χ4v) is 1.96. The highest BCUT2D eigenvalue weighted by atomic mass is 16.5. The van der Waals surface area contributed by atoms with Crippen LogP contribution in [0.5, 0.6) is 5.75 Å². The number of fused-ring (bicyclic) bond motifs is 1. The van der Waals surface area contributed by atoms with Gasteiger partial charge in [-0.25, -0.2) is 0 Å². The number of nitrogens with zero attached hydrogens (tertiary/aromatic N) is 1. The van der Waals surface area contributed by atoms with Gasteiger partial charge in [0.05, 0.1) is 19.1 Å². The van der Waals surface area contributed by atoms with Crippen LogP contribution in [0.4, 0.5) is 0 Å². The van der Waals surface area contributed by atoms with Crippen LogP contribution in [0, 0.1) is 11.3 Å². The monoisotopic (exact) mass is 211 g/mol. The molecule has 0 bridgehead atoms. The Kier molecular flexibility index (Phi) is 2.78. The van der Waals surface area contributed by atoms with Crippen molar-refractivity contribution in [2.75, 3.05) is 7.11 Å². The van der Waals surface area contributed by atoms with E-state index in [9.17, 15) is 0 Å². The first kappa shape index (κ1) is 10.5. The smallest absolute Gasteiger partial charge is 0.124 e. The Morgan fingerprint density at radius 1 is 1.19 bits per heavy atom. The third kappa shape index (κ3) is 1.61. The predicted molar refractivity (Wildman–Crippen MR) is 64.5 cm³/mol. The molecule has 2 rings (SSSR count). The molecule has 80 valence electrons. The Labute approximate surface area is 95.1 Å². The van der Waals surface area contributed by atoms with Gasteiger partial charge in [0, 0.05) is 5.56 Å². The maximum atomic E-state index is 9.06. The normalized spacial score (nSPS) is 12.1. The summed E-state index contributed by atoms with van der Waals surface area (Å²) in [4.78, 5) is 0. The Balaban J connectivity index is 2.79. The van der Waals surface area contributed by atoms with E-state index < -0.39 is 0 Å². The lowest BCUT2D eigenvalue weighted by atomic mass is 9.95. The number of benzene rings is 2. The topological polar surface area (TPSA) is 33.0 Å². The number of nitriles is 1. The highest BCUT2D eigenvalue weighted by Crippen LogP contribution is 2.33. The largest absolute Gasteiger partial charge is 0.496 e. The van der Waals surface area contributed by atoms with E-state index in [0.29, 0.717) is 0 Å². The summed E-state index contributed by atoms with van der Waals surface area (Å²) in [5.74, 6) is 0.619. The van der Waals surface area contributed by atoms with Crippen molar-refractivity contribution in [1.82, 2.24) is 0 Å². The molecule has 0 N–H and O–H groups in total. The van der Waals surface area contributed by atoms with Crippen molar-refractivity contribution in [1.29, 1.82) is 5.26 Å². The van der Waals surface area contributed by atoms with Gasteiger partial charge in [-0.3, -0.25) is 0 Å². The van der Waals surface area contributed by atoms with Crippen LogP contribution in [0.25, 0.3) is 10.8 Å². The van der Waals surface area contributed by atoms with E-state index in [2.05, 4.69) is 6.07 Å². The van der Waals surface area contributed by atoms with Crippen LogP contribution in [0.1, 0.15) is 18.4 Å². The van der Waals surface area contributed by atoms with Crippen LogP contribution in [-0.4, -0.2) is 7.11 Å². The predicted octanol–water partition coefficient (Wildman–Crippen LogP) is 3.48. The van der Waals surface area contributed by atoms with Crippen molar-refractivity contribution in [2.24, 2.45) is 0 Å². The zero-order valence-electron chi connectivity index (χ0n) is 9.40. The van der Waals surface area contributed by atoms with Gasteiger partial charge in [0.1, 0.15) is 5.75 Å². The van der Waals surface area contributed by atoms with E-state index in [4.69, 9.17) is 10.00 Å². The van der Waals surface area contributed by atoms with Crippen molar-refractivity contribution in [3.63, 3.8) is 0 Å². The minimum atomic E-state index is -0.166. The summed E-state index contributed by atoms with van der Waals surface area (Å²) in [7, 11) is 1.64. The Hall–Kier alpha value is -2.01. The van der Waals surface area contributed by atoms with Crippen LogP contribution < -0.4 is 4.74 Å². The van der Waals surface area contributed by atoms with Crippen LogP contribution in [0.15, 0.2) is 36.4 Å². The van der Waals surface area contributed by atoms with E-state index >= 15 is 0 Å². The third-order valence-corrected chi connectivity index (χ3v) is 2.78. The average molecular weight is 211 g/mol. The fourth-order valence-electron chi connectivity index (χ4n) is 1.96. The number of methoxy groups -OCH3 is 1. The maximum absolute atomic E-state index is 9.06.